The van der Waals surface area contributed by atoms with Gasteiger partial charge in [0.25, 0.3) is 0 Å². The van der Waals surface area contributed by atoms with Gasteiger partial charge in [-0.15, -0.1) is 0 Å². The molecule has 7 aromatic rings. The summed E-state index contributed by atoms with van der Waals surface area (Å²) in [4.78, 5) is 0. The molecule has 0 N–H and O–H groups in total. The van der Waals surface area contributed by atoms with Gasteiger partial charge in [0.1, 0.15) is 12.1 Å². The molecule has 166 valence electrons. The van der Waals surface area contributed by atoms with Crippen molar-refractivity contribution in [3.05, 3.63) is 120 Å². The van der Waals surface area contributed by atoms with Gasteiger partial charge in [0.2, 0.25) is 0 Å². The first-order chi connectivity index (χ1) is 17.8. The van der Waals surface area contributed by atoms with Crippen LogP contribution in [0.15, 0.2) is 109 Å². The lowest BCUT2D eigenvalue weighted by Gasteiger charge is -2.11. The fourth-order valence-corrected chi connectivity index (χ4v) is 5.54. The number of benzene rings is 5. The van der Waals surface area contributed by atoms with E-state index in [0.29, 0.717) is 11.1 Å². The van der Waals surface area contributed by atoms with E-state index in [2.05, 4.69) is 69.8 Å². The van der Waals surface area contributed by atoms with E-state index in [1.165, 1.54) is 0 Å². The molecule has 0 bridgehead atoms. The highest BCUT2D eigenvalue weighted by atomic mass is 15.0. The predicted octanol–water partition coefficient (Wildman–Crippen LogP) is 7.62. The van der Waals surface area contributed by atoms with Crippen LogP contribution in [0.4, 0.5) is 0 Å². The minimum absolute atomic E-state index is 0.621. The summed E-state index contributed by atoms with van der Waals surface area (Å²) >= 11 is 0. The first kappa shape index (κ1) is 20.1. The summed E-state index contributed by atoms with van der Waals surface area (Å²) in [5.74, 6) is 0. The minimum Gasteiger partial charge on any atom is -0.308 e. The Kier molecular flexibility index (Phi) is 4.24. The van der Waals surface area contributed by atoms with E-state index in [1.807, 2.05) is 60.7 Å². The Labute approximate surface area is 207 Å². The summed E-state index contributed by atoms with van der Waals surface area (Å²) in [6.45, 7) is 0. The zero-order chi connectivity index (χ0) is 24.2. The van der Waals surface area contributed by atoms with Crippen molar-refractivity contribution in [3.8, 4) is 23.5 Å². The van der Waals surface area contributed by atoms with Crippen molar-refractivity contribution in [1.29, 1.82) is 10.5 Å². The molecular weight excluding hydrogens is 440 g/mol. The number of aromatic nitrogens is 2. The maximum Gasteiger partial charge on any atom is 0.101 e. The van der Waals surface area contributed by atoms with E-state index in [1.54, 1.807) is 0 Å². The zero-order valence-electron chi connectivity index (χ0n) is 19.2. The number of nitriles is 2. The number of nitrogens with zero attached hydrogens (tertiary/aromatic N) is 4. The molecule has 0 unspecified atom stereocenters. The number of fused-ring (bicyclic) bond motifs is 7. The lowest BCUT2D eigenvalue weighted by Crippen LogP contribution is -1.98. The summed E-state index contributed by atoms with van der Waals surface area (Å²) in [5.41, 5.74) is 7.11. The van der Waals surface area contributed by atoms with Gasteiger partial charge >= 0.3 is 0 Å². The molecule has 0 spiro atoms. The number of rotatable bonds is 2. The summed E-state index contributed by atoms with van der Waals surface area (Å²) in [5, 5.41) is 24.3. The highest BCUT2D eigenvalue weighted by Gasteiger charge is 2.22. The van der Waals surface area contributed by atoms with Crippen molar-refractivity contribution in [2.24, 2.45) is 0 Å². The number of hydrogen-bond donors (Lipinski definition) is 0. The summed E-state index contributed by atoms with van der Waals surface area (Å²) in [7, 11) is 0. The Hall–Kier alpha value is -5.32. The Morgan fingerprint density at radius 1 is 0.444 bits per heavy atom. The fourth-order valence-electron chi connectivity index (χ4n) is 5.54. The molecule has 2 aromatic heterocycles. The van der Waals surface area contributed by atoms with E-state index >= 15 is 0 Å². The molecule has 4 nitrogen and oxygen atoms in total. The average molecular weight is 459 g/mol. The quantitative estimate of drug-likeness (QED) is 0.267. The molecule has 0 aliphatic rings. The molecule has 0 aliphatic heterocycles. The molecular formula is C32H18N4. The maximum absolute atomic E-state index is 9.96. The molecule has 36 heavy (non-hydrogen) atoms. The van der Waals surface area contributed by atoms with Gasteiger partial charge in [-0.05, 0) is 42.5 Å². The normalized spacial score (nSPS) is 11.3. The lowest BCUT2D eigenvalue weighted by molar-refractivity contribution is 1.16. The van der Waals surface area contributed by atoms with E-state index in [-0.39, 0.29) is 0 Å². The third-order valence-electron chi connectivity index (χ3n) is 7.00. The standard InChI is InChI=1S/C32H18N4/c33-19-21-9-1-5-13-26(21)35-29-16-8-4-12-25(29)31-30(35)18-17-24-23-11-3-7-15-28(23)36(32(24)31)27-14-6-2-10-22(27)20-34/h1-18H. The summed E-state index contributed by atoms with van der Waals surface area (Å²) in [6, 6.07) is 41.2. The molecule has 5 aromatic carbocycles. The first-order valence-corrected chi connectivity index (χ1v) is 11.8. The second kappa shape index (κ2) is 7.60. The molecule has 4 heteroatoms. The van der Waals surface area contributed by atoms with Crippen LogP contribution in [0, 0.1) is 22.7 Å². The van der Waals surface area contributed by atoms with E-state index < -0.39 is 0 Å². The molecule has 0 saturated carbocycles. The Morgan fingerprint density at radius 2 is 0.972 bits per heavy atom. The molecule has 0 fully saturated rings. The predicted molar refractivity (Wildman–Crippen MR) is 145 cm³/mol. The highest BCUT2D eigenvalue weighted by molar-refractivity contribution is 6.26. The number of hydrogen-bond acceptors (Lipinski definition) is 2. The van der Waals surface area contributed by atoms with Gasteiger partial charge < -0.3 is 9.13 Å². The second-order valence-electron chi connectivity index (χ2n) is 8.82. The van der Waals surface area contributed by atoms with Crippen molar-refractivity contribution >= 4 is 43.6 Å². The molecule has 7 rings (SSSR count). The second-order valence-corrected chi connectivity index (χ2v) is 8.82. The average Bonchev–Trinajstić information content (AvgIpc) is 3.45. The maximum atomic E-state index is 9.96. The zero-order valence-corrected chi connectivity index (χ0v) is 19.2. The third kappa shape index (κ3) is 2.61. The minimum atomic E-state index is 0.621. The molecule has 0 aliphatic carbocycles. The van der Waals surface area contributed by atoms with Crippen LogP contribution in [0.5, 0.6) is 0 Å². The molecule has 2 heterocycles. The van der Waals surface area contributed by atoms with Crippen molar-refractivity contribution in [2.45, 2.75) is 0 Å². The number of para-hydroxylation sites is 4. The molecule has 0 atom stereocenters. The van der Waals surface area contributed by atoms with Gasteiger partial charge in [-0.3, -0.25) is 0 Å². The van der Waals surface area contributed by atoms with Crippen molar-refractivity contribution in [3.63, 3.8) is 0 Å². The van der Waals surface area contributed by atoms with E-state index in [9.17, 15) is 10.5 Å². The molecule has 0 radical (unpaired) electrons. The monoisotopic (exact) mass is 458 g/mol. The van der Waals surface area contributed by atoms with Crippen LogP contribution in [0.3, 0.4) is 0 Å². The Balaban J connectivity index is 1.77. The van der Waals surface area contributed by atoms with Gasteiger partial charge in [-0.1, -0.05) is 66.7 Å². The van der Waals surface area contributed by atoms with Crippen LogP contribution in [0.1, 0.15) is 11.1 Å². The van der Waals surface area contributed by atoms with Crippen LogP contribution >= 0.6 is 0 Å². The van der Waals surface area contributed by atoms with E-state index in [0.717, 1.165) is 55.0 Å². The largest absolute Gasteiger partial charge is 0.308 e. The van der Waals surface area contributed by atoms with E-state index in [4.69, 9.17) is 0 Å². The fraction of sp³-hybridized carbons (Fsp3) is 0. The highest BCUT2D eigenvalue weighted by Crippen LogP contribution is 2.42. The summed E-state index contributed by atoms with van der Waals surface area (Å²) < 4.78 is 4.40. The summed E-state index contributed by atoms with van der Waals surface area (Å²) in [6.07, 6.45) is 0. The van der Waals surface area contributed by atoms with Crippen molar-refractivity contribution in [2.75, 3.05) is 0 Å². The van der Waals surface area contributed by atoms with Gasteiger partial charge in [0.15, 0.2) is 0 Å². The Bertz CT molecular complexity index is 2080. The van der Waals surface area contributed by atoms with Crippen LogP contribution in [-0.4, -0.2) is 9.13 Å². The topological polar surface area (TPSA) is 57.4 Å². The van der Waals surface area contributed by atoms with Crippen molar-refractivity contribution in [1.82, 2.24) is 9.13 Å². The van der Waals surface area contributed by atoms with Crippen LogP contribution < -0.4 is 0 Å². The van der Waals surface area contributed by atoms with Crippen LogP contribution in [-0.2, 0) is 0 Å². The van der Waals surface area contributed by atoms with Crippen LogP contribution in [0.25, 0.3) is 55.0 Å². The van der Waals surface area contributed by atoms with Crippen molar-refractivity contribution < 1.29 is 0 Å². The SMILES string of the molecule is N#Cc1ccccc1-n1c2ccccc2c2c1ccc1c3ccccc3n(-c3ccccc3C#N)c12. The van der Waals surface area contributed by atoms with Crippen LogP contribution in [0.2, 0.25) is 0 Å². The van der Waals surface area contributed by atoms with Gasteiger partial charge in [-0.25, -0.2) is 0 Å². The Morgan fingerprint density at radius 3 is 1.64 bits per heavy atom. The molecule has 0 amide bonds. The van der Waals surface area contributed by atoms with Gasteiger partial charge in [0, 0.05) is 21.5 Å². The van der Waals surface area contributed by atoms with Gasteiger partial charge in [0.05, 0.1) is 44.6 Å². The van der Waals surface area contributed by atoms with Gasteiger partial charge in [-0.2, -0.15) is 10.5 Å². The molecule has 0 saturated heterocycles. The smallest absolute Gasteiger partial charge is 0.101 e. The third-order valence-corrected chi connectivity index (χ3v) is 7.00. The first-order valence-electron chi connectivity index (χ1n) is 11.8. The lowest BCUT2D eigenvalue weighted by atomic mass is 10.1.